The molecule has 0 spiro atoms. The van der Waals surface area contributed by atoms with Crippen LogP contribution in [0.3, 0.4) is 0 Å². The van der Waals surface area contributed by atoms with Crippen LogP contribution in [-0.2, 0) is 4.74 Å². The quantitative estimate of drug-likeness (QED) is 0.894. The molecule has 132 valence electrons. The van der Waals surface area contributed by atoms with E-state index in [0.29, 0.717) is 12.6 Å². The van der Waals surface area contributed by atoms with Crippen molar-refractivity contribution in [2.45, 2.75) is 25.3 Å². The van der Waals surface area contributed by atoms with Crippen molar-refractivity contribution in [3.63, 3.8) is 0 Å². The summed E-state index contributed by atoms with van der Waals surface area (Å²) < 4.78 is 18.8. The van der Waals surface area contributed by atoms with Crippen LogP contribution >= 0.6 is 0 Å². The molecule has 1 aromatic carbocycles. The highest BCUT2D eigenvalue weighted by Crippen LogP contribution is 2.24. The molecule has 4 rings (SSSR count). The van der Waals surface area contributed by atoms with E-state index < -0.39 is 0 Å². The van der Waals surface area contributed by atoms with E-state index in [9.17, 15) is 4.39 Å². The van der Waals surface area contributed by atoms with Crippen molar-refractivity contribution in [2.75, 3.05) is 36.5 Å². The summed E-state index contributed by atoms with van der Waals surface area (Å²) in [6.07, 6.45) is 5.18. The predicted molar refractivity (Wildman–Crippen MR) is 97.3 cm³/mol. The molecule has 2 aliphatic heterocycles. The Morgan fingerprint density at radius 1 is 1.32 bits per heavy atom. The predicted octanol–water partition coefficient (Wildman–Crippen LogP) is 3.43. The maximum atomic E-state index is 13.5. The normalized spacial score (nSPS) is 21.1. The zero-order valence-corrected chi connectivity index (χ0v) is 14.2. The summed E-state index contributed by atoms with van der Waals surface area (Å²) in [5.41, 5.74) is 3.27. The van der Waals surface area contributed by atoms with E-state index in [1.807, 2.05) is 6.07 Å². The highest BCUT2D eigenvalue weighted by Gasteiger charge is 2.21. The van der Waals surface area contributed by atoms with Gasteiger partial charge in [-0.3, -0.25) is 5.10 Å². The molecule has 2 aliphatic rings. The number of nitrogens with one attached hydrogen (secondary N) is 2. The van der Waals surface area contributed by atoms with Gasteiger partial charge in [0.2, 0.25) is 0 Å². The van der Waals surface area contributed by atoms with Crippen LogP contribution in [0.1, 0.15) is 25.0 Å². The Labute approximate surface area is 146 Å². The fraction of sp³-hybridized carbons (Fsp3) is 0.421. The van der Waals surface area contributed by atoms with Crippen LogP contribution in [0, 0.1) is 5.82 Å². The van der Waals surface area contributed by atoms with Crippen molar-refractivity contribution in [3.8, 4) is 0 Å². The number of halogens is 1. The summed E-state index contributed by atoms with van der Waals surface area (Å²) in [6.45, 7) is 3.24. The summed E-state index contributed by atoms with van der Waals surface area (Å²) >= 11 is 0. The molecule has 0 bridgehead atoms. The molecule has 1 aromatic heterocycles. The zero-order chi connectivity index (χ0) is 17.1. The average Bonchev–Trinajstić information content (AvgIpc) is 3.11. The van der Waals surface area contributed by atoms with Crippen LogP contribution in [0.5, 0.6) is 0 Å². The Kier molecular flexibility index (Phi) is 4.70. The molecule has 0 aliphatic carbocycles. The van der Waals surface area contributed by atoms with Gasteiger partial charge in [0.15, 0.2) is 0 Å². The monoisotopic (exact) mass is 342 g/mol. The van der Waals surface area contributed by atoms with E-state index in [2.05, 4.69) is 32.6 Å². The van der Waals surface area contributed by atoms with Gasteiger partial charge in [-0.25, -0.2) is 4.39 Å². The van der Waals surface area contributed by atoms with Gasteiger partial charge in [0.1, 0.15) is 11.6 Å². The summed E-state index contributed by atoms with van der Waals surface area (Å²) in [4.78, 5) is 2.23. The first-order valence-corrected chi connectivity index (χ1v) is 8.87. The fourth-order valence-corrected chi connectivity index (χ4v) is 3.54. The lowest BCUT2D eigenvalue weighted by Crippen LogP contribution is -2.42. The van der Waals surface area contributed by atoms with Gasteiger partial charge in [0.05, 0.1) is 18.9 Å². The van der Waals surface area contributed by atoms with E-state index >= 15 is 0 Å². The van der Waals surface area contributed by atoms with E-state index in [1.54, 1.807) is 12.1 Å². The number of nitrogens with zero attached hydrogens (tertiary/aromatic N) is 2. The lowest BCUT2D eigenvalue weighted by Gasteiger charge is -2.34. The van der Waals surface area contributed by atoms with E-state index in [-0.39, 0.29) is 5.82 Å². The van der Waals surface area contributed by atoms with Gasteiger partial charge in [-0.1, -0.05) is 12.1 Å². The molecule has 1 atom stereocenters. The van der Waals surface area contributed by atoms with Crippen LogP contribution in [0.15, 0.2) is 36.4 Å². The molecule has 0 saturated carbocycles. The second kappa shape index (κ2) is 7.27. The largest absolute Gasteiger partial charge is 0.377 e. The van der Waals surface area contributed by atoms with Gasteiger partial charge in [-0.2, -0.15) is 5.10 Å². The molecule has 2 N–H and O–H groups in total. The molecule has 1 fully saturated rings. The lowest BCUT2D eigenvalue weighted by molar-refractivity contribution is 0.161. The molecule has 0 unspecified atom stereocenters. The summed E-state index contributed by atoms with van der Waals surface area (Å²) in [5.74, 6) is 0.683. The molecular formula is C19H23FN4O. The minimum atomic E-state index is -0.186. The number of anilines is 2. The van der Waals surface area contributed by atoms with Crippen molar-refractivity contribution in [1.29, 1.82) is 0 Å². The molecule has 3 heterocycles. The third-order valence-electron chi connectivity index (χ3n) is 4.83. The molecular weight excluding hydrogens is 319 g/mol. The highest BCUT2D eigenvalue weighted by molar-refractivity contribution is 5.65. The minimum absolute atomic E-state index is 0.186. The molecule has 25 heavy (non-hydrogen) atoms. The maximum absolute atomic E-state index is 13.5. The molecule has 0 radical (unpaired) electrons. The van der Waals surface area contributed by atoms with Gasteiger partial charge >= 0.3 is 0 Å². The molecule has 2 aromatic rings. The van der Waals surface area contributed by atoms with Gasteiger partial charge in [-0.05, 0) is 43.0 Å². The number of aromatic amines is 1. The number of ether oxygens (including phenoxy) is 1. The van der Waals surface area contributed by atoms with Crippen LogP contribution in [0.4, 0.5) is 15.9 Å². The maximum Gasteiger partial charge on any atom is 0.148 e. The van der Waals surface area contributed by atoms with Crippen molar-refractivity contribution in [3.05, 3.63) is 47.9 Å². The Bertz CT molecular complexity index is 757. The third kappa shape index (κ3) is 3.85. The van der Waals surface area contributed by atoms with Crippen molar-refractivity contribution < 1.29 is 9.13 Å². The molecule has 5 nitrogen and oxygen atoms in total. The van der Waals surface area contributed by atoms with Crippen LogP contribution < -0.4 is 10.2 Å². The number of hydrogen-bond donors (Lipinski definition) is 2. The van der Waals surface area contributed by atoms with Gasteiger partial charge in [0.25, 0.3) is 0 Å². The molecule has 0 amide bonds. The number of hydrogen-bond acceptors (Lipinski definition) is 4. The lowest BCUT2D eigenvalue weighted by atomic mass is 10.0. The Balaban J connectivity index is 1.41. The first kappa shape index (κ1) is 16.1. The standard InChI is InChI=1S/C19H23FN4O/c20-15-3-1-5-17(11-15)24-8-2-4-16(13-24)21-19-12-18(22-23-19)14-6-9-25-10-7-14/h1,3,5-6,11-12,16H,2,4,7-10,13H2,(H2,21,22,23)/t16-/m1/s1. The second-order valence-corrected chi connectivity index (χ2v) is 6.63. The van der Waals surface area contributed by atoms with Gasteiger partial charge < -0.3 is 15.0 Å². The van der Waals surface area contributed by atoms with Gasteiger partial charge in [-0.15, -0.1) is 0 Å². The Hall–Kier alpha value is -2.34. The first-order chi connectivity index (χ1) is 12.3. The fourth-order valence-electron chi connectivity index (χ4n) is 3.54. The van der Waals surface area contributed by atoms with E-state index in [0.717, 1.165) is 56.2 Å². The molecule has 1 saturated heterocycles. The van der Waals surface area contributed by atoms with Crippen molar-refractivity contribution in [2.24, 2.45) is 0 Å². The van der Waals surface area contributed by atoms with E-state index in [4.69, 9.17) is 4.74 Å². The molecule has 6 heteroatoms. The highest BCUT2D eigenvalue weighted by atomic mass is 19.1. The van der Waals surface area contributed by atoms with Crippen LogP contribution in [-0.4, -0.2) is 42.5 Å². The number of piperidine rings is 1. The Morgan fingerprint density at radius 2 is 2.28 bits per heavy atom. The summed E-state index contributed by atoms with van der Waals surface area (Å²) in [7, 11) is 0. The van der Waals surface area contributed by atoms with E-state index in [1.165, 1.54) is 11.6 Å². The number of H-pyrrole nitrogens is 1. The number of aromatic nitrogens is 2. The SMILES string of the molecule is Fc1cccc(N2CCC[C@@H](Nc3cc(C4=CCOCC4)[nH]n3)C2)c1. The summed E-state index contributed by atoms with van der Waals surface area (Å²) in [5, 5.41) is 11.0. The summed E-state index contributed by atoms with van der Waals surface area (Å²) in [6, 6.07) is 9.19. The number of benzene rings is 1. The van der Waals surface area contributed by atoms with Crippen LogP contribution in [0.2, 0.25) is 0 Å². The van der Waals surface area contributed by atoms with Gasteiger partial charge in [0, 0.05) is 30.9 Å². The smallest absolute Gasteiger partial charge is 0.148 e. The average molecular weight is 342 g/mol. The zero-order valence-electron chi connectivity index (χ0n) is 14.2. The topological polar surface area (TPSA) is 53.2 Å². The minimum Gasteiger partial charge on any atom is -0.377 e. The third-order valence-corrected chi connectivity index (χ3v) is 4.83. The Morgan fingerprint density at radius 3 is 3.12 bits per heavy atom. The first-order valence-electron chi connectivity index (χ1n) is 8.87. The van der Waals surface area contributed by atoms with Crippen LogP contribution in [0.25, 0.3) is 5.57 Å². The van der Waals surface area contributed by atoms with Crippen molar-refractivity contribution in [1.82, 2.24) is 10.2 Å². The van der Waals surface area contributed by atoms with Crippen molar-refractivity contribution >= 4 is 17.1 Å². The number of rotatable bonds is 4. The second-order valence-electron chi connectivity index (χ2n) is 6.63.